The van der Waals surface area contributed by atoms with Crippen molar-refractivity contribution >= 4 is 40.8 Å². The summed E-state index contributed by atoms with van der Waals surface area (Å²) in [6, 6.07) is 11.7. The SMILES string of the molecule is COc1cccc(N2C(=O)[C@@H]3C(C(=O)CN4C(=O)c5ccccc5C4=O)=NN[C@H]3C2=O)c1. The molecule has 0 radical (unpaired) electrons. The van der Waals surface area contributed by atoms with E-state index in [1.54, 1.807) is 30.3 Å². The number of ketones is 1. The summed E-state index contributed by atoms with van der Waals surface area (Å²) in [5.74, 6) is -3.72. The highest BCUT2D eigenvalue weighted by atomic mass is 16.5. The number of amides is 4. The maximum absolute atomic E-state index is 13.1. The van der Waals surface area contributed by atoms with Crippen LogP contribution in [0.3, 0.4) is 0 Å². The van der Waals surface area contributed by atoms with Crippen LogP contribution in [0.25, 0.3) is 0 Å². The molecule has 4 amide bonds. The first-order valence-electron chi connectivity index (χ1n) is 9.75. The molecular weight excluding hydrogens is 416 g/mol. The standard InChI is InChI=1S/C22H16N4O6/c1-32-12-6-4-5-11(9-12)26-21(30)16-17(23-24-18(16)22(26)31)15(27)10-25-19(28)13-7-2-3-8-14(13)20(25)29/h2-9,16,18,24H,10H2,1H3/t16-,18-/m1/s1. The Morgan fingerprint density at radius 1 is 1.00 bits per heavy atom. The maximum Gasteiger partial charge on any atom is 0.261 e. The highest BCUT2D eigenvalue weighted by molar-refractivity contribution is 6.49. The van der Waals surface area contributed by atoms with Gasteiger partial charge in [0, 0.05) is 6.07 Å². The van der Waals surface area contributed by atoms with Crippen LogP contribution in [0.1, 0.15) is 20.7 Å². The average molecular weight is 432 g/mol. The molecule has 3 aliphatic rings. The Balaban J connectivity index is 1.38. The number of Topliss-reactive ketones (excluding diaryl/α,β-unsaturated/α-hetero) is 1. The number of anilines is 1. The van der Waals surface area contributed by atoms with Crippen molar-refractivity contribution in [2.24, 2.45) is 11.0 Å². The molecule has 1 N–H and O–H groups in total. The summed E-state index contributed by atoms with van der Waals surface area (Å²) in [5.41, 5.74) is 3.11. The Labute approximate surface area is 181 Å². The van der Waals surface area contributed by atoms with Crippen molar-refractivity contribution in [3.05, 3.63) is 59.7 Å². The highest BCUT2D eigenvalue weighted by Gasteiger charge is 2.55. The number of carbonyl (C=O) groups is 5. The third-order valence-corrected chi connectivity index (χ3v) is 5.70. The number of fused-ring (bicyclic) bond motifs is 2. The summed E-state index contributed by atoms with van der Waals surface area (Å²) in [7, 11) is 1.46. The third kappa shape index (κ3) is 2.73. The van der Waals surface area contributed by atoms with Crippen molar-refractivity contribution in [1.82, 2.24) is 10.3 Å². The lowest BCUT2D eigenvalue weighted by Gasteiger charge is -2.17. The lowest BCUT2D eigenvalue weighted by molar-refractivity contribution is -0.122. The van der Waals surface area contributed by atoms with Gasteiger partial charge in [-0.1, -0.05) is 18.2 Å². The Hall–Kier alpha value is -4.34. The van der Waals surface area contributed by atoms with E-state index in [0.717, 1.165) is 9.80 Å². The maximum atomic E-state index is 13.1. The quantitative estimate of drug-likeness (QED) is 0.677. The second-order valence-corrected chi connectivity index (χ2v) is 7.46. The van der Waals surface area contributed by atoms with Crippen molar-refractivity contribution in [3.63, 3.8) is 0 Å². The second kappa shape index (κ2) is 7.12. The van der Waals surface area contributed by atoms with Crippen molar-refractivity contribution in [2.75, 3.05) is 18.6 Å². The highest BCUT2D eigenvalue weighted by Crippen LogP contribution is 2.32. The number of ether oxygens (including phenoxy) is 1. The topological polar surface area (TPSA) is 125 Å². The summed E-state index contributed by atoms with van der Waals surface area (Å²) in [4.78, 5) is 65.8. The summed E-state index contributed by atoms with van der Waals surface area (Å²) < 4.78 is 5.15. The van der Waals surface area contributed by atoms with Gasteiger partial charge in [-0.3, -0.25) is 34.3 Å². The average Bonchev–Trinajstić information content (AvgIpc) is 3.43. The van der Waals surface area contributed by atoms with E-state index in [1.807, 2.05) is 0 Å². The van der Waals surface area contributed by atoms with Crippen LogP contribution in [-0.4, -0.2) is 59.7 Å². The predicted molar refractivity (Wildman–Crippen MR) is 110 cm³/mol. The van der Waals surface area contributed by atoms with E-state index in [0.29, 0.717) is 11.4 Å². The van der Waals surface area contributed by atoms with Gasteiger partial charge in [0.05, 0.1) is 30.5 Å². The molecule has 32 heavy (non-hydrogen) atoms. The lowest BCUT2D eigenvalue weighted by Crippen LogP contribution is -2.41. The van der Waals surface area contributed by atoms with Gasteiger partial charge in [-0.25, -0.2) is 4.90 Å². The molecule has 0 unspecified atom stereocenters. The van der Waals surface area contributed by atoms with Crippen LogP contribution in [0.2, 0.25) is 0 Å². The van der Waals surface area contributed by atoms with Crippen molar-refractivity contribution < 1.29 is 28.7 Å². The van der Waals surface area contributed by atoms with Gasteiger partial charge in [-0.05, 0) is 24.3 Å². The first-order valence-corrected chi connectivity index (χ1v) is 9.75. The van der Waals surface area contributed by atoms with Crippen LogP contribution in [0.5, 0.6) is 5.75 Å². The molecule has 0 bridgehead atoms. The Morgan fingerprint density at radius 2 is 1.69 bits per heavy atom. The van der Waals surface area contributed by atoms with Crippen LogP contribution in [0.15, 0.2) is 53.6 Å². The predicted octanol–water partition coefficient (Wildman–Crippen LogP) is 0.378. The van der Waals surface area contributed by atoms with Crippen LogP contribution in [0, 0.1) is 5.92 Å². The zero-order chi connectivity index (χ0) is 22.6. The first-order chi connectivity index (χ1) is 15.4. The van der Waals surface area contributed by atoms with E-state index in [9.17, 15) is 24.0 Å². The van der Waals surface area contributed by atoms with Crippen molar-refractivity contribution in [1.29, 1.82) is 0 Å². The fraction of sp³-hybridized carbons (Fsp3) is 0.182. The molecule has 10 heteroatoms. The summed E-state index contributed by atoms with van der Waals surface area (Å²) in [6.07, 6.45) is 0. The fourth-order valence-corrected chi connectivity index (χ4v) is 4.13. The number of benzene rings is 2. The minimum absolute atomic E-state index is 0.185. The van der Waals surface area contributed by atoms with E-state index < -0.39 is 47.9 Å². The molecule has 0 aromatic heterocycles. The molecule has 0 spiro atoms. The summed E-state index contributed by atoms with van der Waals surface area (Å²) in [6.45, 7) is -0.573. The van der Waals surface area contributed by atoms with Crippen LogP contribution >= 0.6 is 0 Å². The van der Waals surface area contributed by atoms with Gasteiger partial charge < -0.3 is 4.74 Å². The molecule has 2 aromatic rings. The van der Waals surface area contributed by atoms with Gasteiger partial charge in [-0.2, -0.15) is 5.10 Å². The number of hydrazone groups is 1. The van der Waals surface area contributed by atoms with Gasteiger partial charge in [0.25, 0.3) is 17.7 Å². The molecule has 0 saturated carbocycles. The normalized spacial score (nSPS) is 21.5. The minimum Gasteiger partial charge on any atom is -0.497 e. The zero-order valence-corrected chi connectivity index (χ0v) is 16.8. The van der Waals surface area contributed by atoms with Gasteiger partial charge in [0.15, 0.2) is 5.78 Å². The van der Waals surface area contributed by atoms with E-state index in [4.69, 9.17) is 4.74 Å². The van der Waals surface area contributed by atoms with Crippen molar-refractivity contribution in [3.8, 4) is 5.75 Å². The fourth-order valence-electron chi connectivity index (χ4n) is 4.13. The third-order valence-electron chi connectivity index (χ3n) is 5.70. The number of carbonyl (C=O) groups excluding carboxylic acids is 5. The molecule has 10 nitrogen and oxygen atoms in total. The van der Waals surface area contributed by atoms with Gasteiger partial charge in [-0.15, -0.1) is 0 Å². The minimum atomic E-state index is -1.14. The number of nitrogens with zero attached hydrogens (tertiary/aromatic N) is 3. The van der Waals surface area contributed by atoms with E-state index in [1.165, 1.54) is 25.3 Å². The van der Waals surface area contributed by atoms with E-state index >= 15 is 0 Å². The number of nitrogens with one attached hydrogen (secondary N) is 1. The number of hydrogen-bond donors (Lipinski definition) is 1. The van der Waals surface area contributed by atoms with Gasteiger partial charge in [0.2, 0.25) is 5.91 Å². The monoisotopic (exact) mass is 432 g/mol. The molecule has 1 fully saturated rings. The molecule has 3 heterocycles. The Bertz CT molecular complexity index is 1220. The van der Waals surface area contributed by atoms with Crippen LogP contribution < -0.4 is 15.1 Å². The van der Waals surface area contributed by atoms with Crippen LogP contribution in [0.4, 0.5) is 5.69 Å². The number of rotatable bonds is 5. The largest absolute Gasteiger partial charge is 0.497 e. The van der Waals surface area contributed by atoms with Gasteiger partial charge >= 0.3 is 0 Å². The molecule has 0 aliphatic carbocycles. The van der Waals surface area contributed by atoms with E-state index in [-0.39, 0.29) is 16.8 Å². The van der Waals surface area contributed by atoms with Gasteiger partial charge in [0.1, 0.15) is 23.4 Å². The van der Waals surface area contributed by atoms with E-state index in [2.05, 4.69) is 10.5 Å². The molecule has 3 aliphatic heterocycles. The molecule has 2 aromatic carbocycles. The molecule has 2 atom stereocenters. The molecule has 1 saturated heterocycles. The van der Waals surface area contributed by atoms with Crippen LogP contribution in [-0.2, 0) is 14.4 Å². The number of hydrogen-bond acceptors (Lipinski definition) is 8. The number of methoxy groups -OCH3 is 1. The second-order valence-electron chi connectivity index (χ2n) is 7.46. The number of imide groups is 2. The Morgan fingerprint density at radius 3 is 2.34 bits per heavy atom. The lowest BCUT2D eigenvalue weighted by atomic mass is 9.95. The first kappa shape index (κ1) is 19.6. The summed E-state index contributed by atoms with van der Waals surface area (Å²) >= 11 is 0. The smallest absolute Gasteiger partial charge is 0.261 e. The van der Waals surface area contributed by atoms with Crippen molar-refractivity contribution in [2.45, 2.75) is 6.04 Å². The molecule has 5 rings (SSSR count). The molecule has 160 valence electrons. The Kier molecular flexibility index (Phi) is 4.36. The molecular formula is C22H16N4O6. The summed E-state index contributed by atoms with van der Waals surface area (Å²) in [5, 5.41) is 3.90. The zero-order valence-electron chi connectivity index (χ0n) is 16.8.